The molecule has 0 spiro atoms. The first-order valence-electron chi connectivity index (χ1n) is 7.31. The molecule has 0 saturated heterocycles. The van der Waals surface area contributed by atoms with Gasteiger partial charge in [0.25, 0.3) is 0 Å². The van der Waals surface area contributed by atoms with Crippen LogP contribution in [0.1, 0.15) is 18.4 Å². The number of nitrogens with zero attached hydrogens (tertiary/aromatic N) is 4. The van der Waals surface area contributed by atoms with Gasteiger partial charge in [0.1, 0.15) is 0 Å². The van der Waals surface area contributed by atoms with E-state index in [1.807, 2.05) is 48.1 Å². The van der Waals surface area contributed by atoms with E-state index in [1.54, 1.807) is 6.20 Å². The predicted molar refractivity (Wildman–Crippen MR) is 83.0 cm³/mol. The fourth-order valence-corrected chi connectivity index (χ4v) is 2.24. The van der Waals surface area contributed by atoms with Crippen molar-refractivity contribution in [1.82, 2.24) is 25.2 Å². The van der Waals surface area contributed by atoms with Crippen LogP contribution < -0.4 is 5.32 Å². The van der Waals surface area contributed by atoms with Crippen LogP contribution in [-0.4, -0.2) is 26.0 Å². The van der Waals surface area contributed by atoms with Gasteiger partial charge >= 0.3 is 0 Å². The van der Waals surface area contributed by atoms with Gasteiger partial charge in [-0.05, 0) is 26.0 Å². The normalized spacial score (nSPS) is 12.5. The van der Waals surface area contributed by atoms with Crippen LogP contribution in [-0.2, 0) is 13.1 Å². The first kappa shape index (κ1) is 14.5. The SMILES string of the molecule is Cc1cccc(-c2noc(CN[C@@H](C)Cn3cccn3)n2)c1. The maximum Gasteiger partial charge on any atom is 0.240 e. The number of rotatable bonds is 6. The summed E-state index contributed by atoms with van der Waals surface area (Å²) in [6.45, 7) is 5.48. The number of hydrogen-bond donors (Lipinski definition) is 1. The van der Waals surface area contributed by atoms with E-state index in [-0.39, 0.29) is 6.04 Å². The molecule has 1 aromatic carbocycles. The molecule has 0 radical (unpaired) electrons. The molecule has 2 aromatic heterocycles. The van der Waals surface area contributed by atoms with Crippen molar-refractivity contribution < 1.29 is 4.52 Å². The molecule has 6 heteroatoms. The Hall–Kier alpha value is -2.47. The van der Waals surface area contributed by atoms with Gasteiger partial charge in [-0.1, -0.05) is 28.9 Å². The lowest BCUT2D eigenvalue weighted by Gasteiger charge is -2.11. The second-order valence-corrected chi connectivity index (χ2v) is 5.39. The van der Waals surface area contributed by atoms with Gasteiger partial charge in [0, 0.05) is 24.0 Å². The molecule has 3 rings (SSSR count). The highest BCUT2D eigenvalue weighted by molar-refractivity contribution is 5.55. The third-order valence-corrected chi connectivity index (χ3v) is 3.37. The lowest BCUT2D eigenvalue weighted by molar-refractivity contribution is 0.350. The van der Waals surface area contributed by atoms with Crippen molar-refractivity contribution in [2.75, 3.05) is 0 Å². The minimum atomic E-state index is 0.259. The second kappa shape index (κ2) is 6.53. The Balaban J connectivity index is 1.58. The molecule has 0 amide bonds. The molecule has 6 nitrogen and oxygen atoms in total. The fourth-order valence-electron chi connectivity index (χ4n) is 2.24. The van der Waals surface area contributed by atoms with E-state index in [0.717, 1.165) is 12.1 Å². The van der Waals surface area contributed by atoms with E-state index in [2.05, 4.69) is 27.5 Å². The Morgan fingerprint density at radius 2 is 2.23 bits per heavy atom. The Morgan fingerprint density at radius 1 is 1.32 bits per heavy atom. The molecule has 0 aliphatic carbocycles. The number of aryl methyl sites for hydroxylation is 1. The maximum atomic E-state index is 5.30. The Bertz CT molecular complexity index is 720. The number of nitrogens with one attached hydrogen (secondary N) is 1. The highest BCUT2D eigenvalue weighted by Gasteiger charge is 2.10. The Labute approximate surface area is 129 Å². The number of aromatic nitrogens is 4. The van der Waals surface area contributed by atoms with E-state index in [9.17, 15) is 0 Å². The third-order valence-electron chi connectivity index (χ3n) is 3.37. The van der Waals surface area contributed by atoms with Crippen molar-refractivity contribution in [3.8, 4) is 11.4 Å². The molecule has 2 heterocycles. The second-order valence-electron chi connectivity index (χ2n) is 5.39. The van der Waals surface area contributed by atoms with Crippen molar-refractivity contribution in [2.45, 2.75) is 33.0 Å². The summed E-state index contributed by atoms with van der Waals surface area (Å²) in [6.07, 6.45) is 3.72. The van der Waals surface area contributed by atoms with Gasteiger partial charge < -0.3 is 9.84 Å². The molecule has 22 heavy (non-hydrogen) atoms. The van der Waals surface area contributed by atoms with Crippen molar-refractivity contribution in [3.05, 3.63) is 54.2 Å². The zero-order valence-electron chi connectivity index (χ0n) is 12.7. The quantitative estimate of drug-likeness (QED) is 0.756. The standard InChI is InChI=1S/C16H19N5O/c1-12-5-3-6-14(9-12)16-19-15(22-20-16)10-17-13(2)11-21-8-4-7-18-21/h3-9,13,17H,10-11H2,1-2H3/t13-/m0/s1. The molecular formula is C16H19N5O. The van der Waals surface area contributed by atoms with Gasteiger partial charge in [-0.25, -0.2) is 0 Å². The highest BCUT2D eigenvalue weighted by Crippen LogP contribution is 2.16. The van der Waals surface area contributed by atoms with E-state index in [0.29, 0.717) is 18.3 Å². The van der Waals surface area contributed by atoms with Crippen LogP contribution in [0.2, 0.25) is 0 Å². The van der Waals surface area contributed by atoms with Crippen LogP contribution in [0.3, 0.4) is 0 Å². The minimum Gasteiger partial charge on any atom is -0.338 e. The van der Waals surface area contributed by atoms with Gasteiger partial charge in [-0.2, -0.15) is 10.1 Å². The molecule has 0 saturated carbocycles. The first-order valence-corrected chi connectivity index (χ1v) is 7.31. The van der Waals surface area contributed by atoms with Gasteiger partial charge in [0.05, 0.1) is 13.1 Å². The molecule has 0 fully saturated rings. The molecule has 0 bridgehead atoms. The lowest BCUT2D eigenvalue weighted by Crippen LogP contribution is -2.30. The highest BCUT2D eigenvalue weighted by atomic mass is 16.5. The van der Waals surface area contributed by atoms with Crippen LogP contribution in [0.25, 0.3) is 11.4 Å². The van der Waals surface area contributed by atoms with Crippen LogP contribution in [0.5, 0.6) is 0 Å². The lowest BCUT2D eigenvalue weighted by atomic mass is 10.1. The largest absolute Gasteiger partial charge is 0.338 e. The summed E-state index contributed by atoms with van der Waals surface area (Å²) in [5.74, 6) is 1.21. The molecule has 0 aliphatic heterocycles. The van der Waals surface area contributed by atoms with E-state index >= 15 is 0 Å². The minimum absolute atomic E-state index is 0.259. The summed E-state index contributed by atoms with van der Waals surface area (Å²) in [6, 6.07) is 10.2. The predicted octanol–water partition coefficient (Wildman–Crippen LogP) is 2.42. The summed E-state index contributed by atoms with van der Waals surface area (Å²) in [7, 11) is 0. The maximum absolute atomic E-state index is 5.30. The molecule has 0 unspecified atom stereocenters. The number of benzene rings is 1. The molecule has 0 aliphatic rings. The summed E-state index contributed by atoms with van der Waals surface area (Å²) < 4.78 is 7.19. The zero-order valence-corrected chi connectivity index (χ0v) is 12.7. The monoisotopic (exact) mass is 297 g/mol. The first-order chi connectivity index (χ1) is 10.7. The zero-order chi connectivity index (χ0) is 15.4. The Kier molecular flexibility index (Phi) is 4.29. The van der Waals surface area contributed by atoms with Crippen molar-refractivity contribution >= 4 is 0 Å². The van der Waals surface area contributed by atoms with Crippen LogP contribution in [0.15, 0.2) is 47.2 Å². The molecule has 3 aromatic rings. The van der Waals surface area contributed by atoms with Crippen LogP contribution in [0, 0.1) is 6.92 Å². The van der Waals surface area contributed by atoms with Gasteiger partial charge in [-0.15, -0.1) is 0 Å². The molecule has 1 N–H and O–H groups in total. The topological polar surface area (TPSA) is 68.8 Å². The fraction of sp³-hybridized carbons (Fsp3) is 0.312. The van der Waals surface area contributed by atoms with Crippen molar-refractivity contribution in [3.63, 3.8) is 0 Å². The van der Waals surface area contributed by atoms with Crippen molar-refractivity contribution in [2.24, 2.45) is 0 Å². The summed E-state index contributed by atoms with van der Waals surface area (Å²) >= 11 is 0. The van der Waals surface area contributed by atoms with Gasteiger partial charge in [0.15, 0.2) is 0 Å². The van der Waals surface area contributed by atoms with Crippen LogP contribution >= 0.6 is 0 Å². The average molecular weight is 297 g/mol. The summed E-state index contributed by atoms with van der Waals surface area (Å²) in [5.41, 5.74) is 2.15. The Morgan fingerprint density at radius 3 is 3.00 bits per heavy atom. The van der Waals surface area contributed by atoms with Gasteiger partial charge in [-0.3, -0.25) is 4.68 Å². The molecule has 114 valence electrons. The van der Waals surface area contributed by atoms with Gasteiger partial charge in [0.2, 0.25) is 11.7 Å². The third kappa shape index (κ3) is 3.59. The molecule has 1 atom stereocenters. The number of hydrogen-bond acceptors (Lipinski definition) is 5. The van der Waals surface area contributed by atoms with E-state index in [4.69, 9.17) is 4.52 Å². The average Bonchev–Trinajstić information content (AvgIpc) is 3.16. The summed E-state index contributed by atoms with van der Waals surface area (Å²) in [4.78, 5) is 4.43. The molecular weight excluding hydrogens is 278 g/mol. The van der Waals surface area contributed by atoms with Crippen LogP contribution in [0.4, 0.5) is 0 Å². The van der Waals surface area contributed by atoms with Crippen molar-refractivity contribution in [1.29, 1.82) is 0 Å². The van der Waals surface area contributed by atoms with E-state index < -0.39 is 0 Å². The summed E-state index contributed by atoms with van der Waals surface area (Å²) in [5, 5.41) is 11.6. The van der Waals surface area contributed by atoms with E-state index in [1.165, 1.54) is 5.56 Å². The smallest absolute Gasteiger partial charge is 0.240 e.